The minimum Gasteiger partial charge on any atom is -0.479 e. The number of carbonyl (C=O) groups is 2. The monoisotopic (exact) mass is 267 g/mol. The minimum atomic E-state index is -1.15. The number of carboxylic acid groups (broad SMARTS) is 1. The van der Waals surface area contributed by atoms with E-state index in [1.165, 1.54) is 6.08 Å². The number of nitrogens with one attached hydrogen (secondary N) is 1. The smallest absolute Gasteiger partial charge is 0.330 e. The van der Waals surface area contributed by atoms with Crippen LogP contribution < -0.4 is 5.32 Å². The largest absolute Gasteiger partial charge is 0.479 e. The van der Waals surface area contributed by atoms with Gasteiger partial charge < -0.3 is 10.4 Å². The third kappa shape index (κ3) is 3.89. The number of benzene rings is 1. The Morgan fingerprint density at radius 3 is 2.44 bits per heavy atom. The van der Waals surface area contributed by atoms with Crippen LogP contribution in [0.3, 0.4) is 0 Å². The zero-order chi connectivity index (χ0) is 13.7. The van der Waals surface area contributed by atoms with E-state index >= 15 is 0 Å². The molecule has 0 bridgehead atoms. The molecule has 0 saturated heterocycles. The molecule has 1 rings (SSSR count). The average Bonchev–Trinajstić information content (AvgIpc) is 2.25. The highest BCUT2D eigenvalue weighted by molar-refractivity contribution is 6.31. The fourth-order valence-electron chi connectivity index (χ4n) is 1.43. The Kier molecular flexibility index (Phi) is 4.92. The van der Waals surface area contributed by atoms with Crippen molar-refractivity contribution < 1.29 is 14.7 Å². The molecule has 5 heteroatoms. The summed E-state index contributed by atoms with van der Waals surface area (Å²) in [5.41, 5.74) is 1.15. The van der Waals surface area contributed by atoms with Gasteiger partial charge in [-0.3, -0.25) is 4.79 Å². The van der Waals surface area contributed by atoms with Crippen molar-refractivity contribution in [1.29, 1.82) is 0 Å². The molecule has 0 saturated carbocycles. The standard InChI is InChI=1S/C13H14ClNO3/c1-8(2)7-11(16)15-12(13(17)18)9-5-3-4-6-10(9)14/h3-7,12H,1-2H3,(H,15,16)(H,17,18)/t12-/m1/s1. The number of amides is 1. The van der Waals surface area contributed by atoms with Crippen molar-refractivity contribution in [2.45, 2.75) is 19.9 Å². The maximum absolute atomic E-state index is 11.6. The predicted molar refractivity (Wildman–Crippen MR) is 69.4 cm³/mol. The van der Waals surface area contributed by atoms with Gasteiger partial charge in [-0.1, -0.05) is 35.4 Å². The van der Waals surface area contributed by atoms with Crippen LogP contribution in [0.25, 0.3) is 0 Å². The van der Waals surface area contributed by atoms with E-state index in [2.05, 4.69) is 5.32 Å². The Morgan fingerprint density at radius 1 is 1.33 bits per heavy atom. The fraction of sp³-hybridized carbons (Fsp3) is 0.231. The van der Waals surface area contributed by atoms with Crippen LogP contribution in [0.15, 0.2) is 35.9 Å². The molecule has 0 aliphatic rings. The summed E-state index contributed by atoms with van der Waals surface area (Å²) in [6.45, 7) is 3.51. The van der Waals surface area contributed by atoms with Crippen LogP contribution in [0.2, 0.25) is 5.02 Å². The fourth-order valence-corrected chi connectivity index (χ4v) is 1.67. The first kappa shape index (κ1) is 14.3. The molecule has 4 nitrogen and oxygen atoms in total. The van der Waals surface area contributed by atoms with Gasteiger partial charge in [0.2, 0.25) is 5.91 Å². The molecule has 0 aliphatic heterocycles. The predicted octanol–water partition coefficient (Wildman–Crippen LogP) is 2.55. The average molecular weight is 268 g/mol. The molecule has 0 fully saturated rings. The molecule has 2 N–H and O–H groups in total. The zero-order valence-corrected chi connectivity index (χ0v) is 10.9. The van der Waals surface area contributed by atoms with Crippen molar-refractivity contribution in [3.05, 3.63) is 46.5 Å². The number of aliphatic carboxylic acids is 1. The van der Waals surface area contributed by atoms with Crippen LogP contribution in [0.5, 0.6) is 0 Å². The molecule has 96 valence electrons. The molecule has 1 aromatic rings. The van der Waals surface area contributed by atoms with Crippen LogP contribution in [0.1, 0.15) is 25.5 Å². The van der Waals surface area contributed by atoms with E-state index in [0.29, 0.717) is 10.6 Å². The van der Waals surface area contributed by atoms with Gasteiger partial charge in [0, 0.05) is 16.7 Å². The molecule has 0 radical (unpaired) electrons. The van der Waals surface area contributed by atoms with E-state index < -0.39 is 17.9 Å². The summed E-state index contributed by atoms with van der Waals surface area (Å²) in [5.74, 6) is -1.61. The van der Waals surface area contributed by atoms with Gasteiger partial charge in [0.25, 0.3) is 0 Å². The number of halogens is 1. The Bertz CT molecular complexity index is 493. The van der Waals surface area contributed by atoms with Crippen LogP contribution >= 0.6 is 11.6 Å². The molecule has 1 amide bonds. The summed E-state index contributed by atoms with van der Waals surface area (Å²) >= 11 is 5.92. The number of carboxylic acids is 1. The highest BCUT2D eigenvalue weighted by Crippen LogP contribution is 2.22. The van der Waals surface area contributed by atoms with Gasteiger partial charge in [-0.2, -0.15) is 0 Å². The Labute approximate surface area is 110 Å². The first-order chi connectivity index (χ1) is 8.41. The Balaban J connectivity index is 2.99. The molecule has 0 heterocycles. The van der Waals surface area contributed by atoms with E-state index in [0.717, 1.165) is 5.57 Å². The number of hydrogen-bond donors (Lipinski definition) is 2. The van der Waals surface area contributed by atoms with Crippen LogP contribution in [-0.4, -0.2) is 17.0 Å². The lowest BCUT2D eigenvalue weighted by Crippen LogP contribution is -2.32. The summed E-state index contributed by atoms with van der Waals surface area (Å²) in [5, 5.41) is 11.9. The van der Waals surface area contributed by atoms with Crippen LogP contribution in [-0.2, 0) is 9.59 Å². The summed E-state index contributed by atoms with van der Waals surface area (Å²) in [6.07, 6.45) is 1.34. The van der Waals surface area contributed by atoms with Gasteiger partial charge in [0.05, 0.1) is 0 Å². The lowest BCUT2D eigenvalue weighted by atomic mass is 10.1. The van der Waals surface area contributed by atoms with Crippen LogP contribution in [0.4, 0.5) is 0 Å². The summed E-state index contributed by atoms with van der Waals surface area (Å²) in [4.78, 5) is 22.7. The first-order valence-electron chi connectivity index (χ1n) is 5.34. The highest BCUT2D eigenvalue weighted by atomic mass is 35.5. The van der Waals surface area contributed by atoms with E-state index in [9.17, 15) is 9.59 Å². The van der Waals surface area contributed by atoms with Crippen molar-refractivity contribution in [3.63, 3.8) is 0 Å². The lowest BCUT2D eigenvalue weighted by Gasteiger charge is -2.15. The van der Waals surface area contributed by atoms with Crippen molar-refractivity contribution >= 4 is 23.5 Å². The van der Waals surface area contributed by atoms with Crippen molar-refractivity contribution in [2.24, 2.45) is 0 Å². The Morgan fingerprint density at radius 2 is 1.94 bits per heavy atom. The molecule has 1 atom stereocenters. The van der Waals surface area contributed by atoms with Gasteiger partial charge >= 0.3 is 5.97 Å². The number of rotatable bonds is 4. The first-order valence-corrected chi connectivity index (χ1v) is 5.72. The molecule has 0 spiro atoms. The minimum absolute atomic E-state index is 0.308. The van der Waals surface area contributed by atoms with E-state index in [1.807, 2.05) is 0 Å². The quantitative estimate of drug-likeness (QED) is 0.824. The molecule has 0 unspecified atom stereocenters. The van der Waals surface area contributed by atoms with Gasteiger partial charge in [0.1, 0.15) is 0 Å². The Hall–Kier alpha value is -1.81. The maximum atomic E-state index is 11.6. The zero-order valence-electron chi connectivity index (χ0n) is 10.1. The SMILES string of the molecule is CC(C)=CC(=O)N[C@@H](C(=O)O)c1ccccc1Cl. The second-order valence-electron chi connectivity index (χ2n) is 4.02. The molecular formula is C13H14ClNO3. The van der Waals surface area contributed by atoms with Crippen molar-refractivity contribution in [2.75, 3.05) is 0 Å². The molecule has 0 aliphatic carbocycles. The van der Waals surface area contributed by atoms with Gasteiger partial charge in [0.15, 0.2) is 6.04 Å². The summed E-state index contributed by atoms with van der Waals surface area (Å²) < 4.78 is 0. The topological polar surface area (TPSA) is 66.4 Å². The second kappa shape index (κ2) is 6.21. The number of carbonyl (C=O) groups excluding carboxylic acids is 1. The van der Waals surface area contributed by atoms with Crippen molar-refractivity contribution in [1.82, 2.24) is 5.32 Å². The van der Waals surface area contributed by atoms with E-state index in [1.54, 1.807) is 38.1 Å². The summed E-state index contributed by atoms with van der Waals surface area (Å²) in [6, 6.07) is 5.37. The second-order valence-corrected chi connectivity index (χ2v) is 4.43. The molecule has 18 heavy (non-hydrogen) atoms. The third-order valence-corrected chi connectivity index (χ3v) is 2.51. The third-order valence-electron chi connectivity index (χ3n) is 2.17. The van der Waals surface area contributed by atoms with Gasteiger partial charge in [-0.05, 0) is 19.9 Å². The maximum Gasteiger partial charge on any atom is 0.330 e. The highest BCUT2D eigenvalue weighted by Gasteiger charge is 2.23. The molecule has 1 aromatic carbocycles. The van der Waals surface area contributed by atoms with E-state index in [-0.39, 0.29) is 0 Å². The van der Waals surface area contributed by atoms with Gasteiger partial charge in [-0.15, -0.1) is 0 Å². The van der Waals surface area contributed by atoms with Crippen LogP contribution in [0, 0.1) is 0 Å². The molecular weight excluding hydrogens is 254 g/mol. The number of hydrogen-bond acceptors (Lipinski definition) is 2. The number of allylic oxidation sites excluding steroid dienone is 1. The lowest BCUT2D eigenvalue weighted by molar-refractivity contribution is -0.141. The van der Waals surface area contributed by atoms with E-state index in [4.69, 9.17) is 16.7 Å². The van der Waals surface area contributed by atoms with Gasteiger partial charge in [-0.25, -0.2) is 4.79 Å². The van der Waals surface area contributed by atoms with Crippen molar-refractivity contribution in [3.8, 4) is 0 Å². The normalized spacial score (nSPS) is 11.5. The summed E-state index contributed by atoms with van der Waals surface area (Å²) in [7, 11) is 0. The molecule has 0 aromatic heterocycles.